The minimum atomic E-state index is -0.0270. The number of aromatic amines is 1. The van der Waals surface area contributed by atoms with Gasteiger partial charge in [-0.2, -0.15) is 5.10 Å². The summed E-state index contributed by atoms with van der Waals surface area (Å²) in [5.41, 5.74) is 2.70. The molecule has 3 heterocycles. The molecule has 0 saturated carbocycles. The van der Waals surface area contributed by atoms with E-state index in [1.165, 1.54) is 0 Å². The molecular formula is C16H22N4O2. The Kier molecular flexibility index (Phi) is 4.40. The van der Waals surface area contributed by atoms with Crippen LogP contribution in [0.1, 0.15) is 18.4 Å². The molecule has 2 aromatic heterocycles. The molecule has 2 aromatic rings. The summed E-state index contributed by atoms with van der Waals surface area (Å²) in [6, 6.07) is 1.95. The van der Waals surface area contributed by atoms with Crippen molar-refractivity contribution in [2.75, 3.05) is 20.2 Å². The predicted octanol–water partition coefficient (Wildman–Crippen LogP) is 1.39. The van der Waals surface area contributed by atoms with Crippen LogP contribution in [0.3, 0.4) is 0 Å². The summed E-state index contributed by atoms with van der Waals surface area (Å²) in [5, 5.41) is 4.21. The number of pyridine rings is 1. The van der Waals surface area contributed by atoms with Gasteiger partial charge in [0, 0.05) is 50.8 Å². The number of H-pyrrole nitrogens is 1. The third kappa shape index (κ3) is 3.13. The molecule has 6 heteroatoms. The van der Waals surface area contributed by atoms with E-state index < -0.39 is 0 Å². The molecule has 1 aliphatic rings. The Morgan fingerprint density at radius 2 is 2.36 bits per heavy atom. The van der Waals surface area contributed by atoms with Gasteiger partial charge in [0.15, 0.2) is 0 Å². The van der Waals surface area contributed by atoms with E-state index in [1.807, 2.05) is 19.3 Å². The van der Waals surface area contributed by atoms with Crippen molar-refractivity contribution in [3.63, 3.8) is 0 Å². The number of methoxy groups -OCH3 is 1. The largest absolute Gasteiger partial charge is 0.380 e. The first-order valence-electron chi connectivity index (χ1n) is 7.62. The standard InChI is InChI=1S/C16H22N4O2/c1-19-9-12(8-18-19)14-5-6-17-16(21)15(14)11-20-7-3-4-13(10-20)22-2/h5-6,8-9,13H,3-4,7,10-11H2,1-2H3,(H,17,21). The number of nitrogens with one attached hydrogen (secondary N) is 1. The van der Waals surface area contributed by atoms with Crippen molar-refractivity contribution in [1.82, 2.24) is 19.7 Å². The summed E-state index contributed by atoms with van der Waals surface area (Å²) >= 11 is 0. The van der Waals surface area contributed by atoms with Crippen LogP contribution in [0.15, 0.2) is 29.5 Å². The van der Waals surface area contributed by atoms with Crippen molar-refractivity contribution >= 4 is 0 Å². The van der Waals surface area contributed by atoms with Gasteiger partial charge in [-0.3, -0.25) is 14.4 Å². The first-order valence-corrected chi connectivity index (χ1v) is 7.62. The molecule has 1 fully saturated rings. The molecule has 22 heavy (non-hydrogen) atoms. The highest BCUT2D eigenvalue weighted by Gasteiger charge is 2.21. The number of rotatable bonds is 4. The minimum absolute atomic E-state index is 0.0270. The smallest absolute Gasteiger partial charge is 0.253 e. The number of ether oxygens (including phenoxy) is 1. The van der Waals surface area contributed by atoms with Crippen molar-refractivity contribution in [2.45, 2.75) is 25.5 Å². The molecule has 1 aliphatic heterocycles. The van der Waals surface area contributed by atoms with E-state index in [0.29, 0.717) is 6.54 Å². The van der Waals surface area contributed by atoms with Crippen LogP contribution in [0.25, 0.3) is 11.1 Å². The molecule has 1 atom stereocenters. The average molecular weight is 302 g/mol. The van der Waals surface area contributed by atoms with Crippen molar-refractivity contribution < 1.29 is 4.74 Å². The molecule has 6 nitrogen and oxygen atoms in total. The predicted molar refractivity (Wildman–Crippen MR) is 84.6 cm³/mol. The third-order valence-electron chi connectivity index (χ3n) is 4.26. The second kappa shape index (κ2) is 6.46. The zero-order valence-electron chi connectivity index (χ0n) is 13.1. The van der Waals surface area contributed by atoms with E-state index in [9.17, 15) is 4.79 Å². The second-order valence-corrected chi connectivity index (χ2v) is 5.84. The van der Waals surface area contributed by atoms with Gasteiger partial charge in [-0.1, -0.05) is 0 Å². The Labute approximate surface area is 129 Å². The first-order chi connectivity index (χ1) is 10.7. The average Bonchev–Trinajstić information content (AvgIpc) is 2.96. The highest BCUT2D eigenvalue weighted by molar-refractivity contribution is 5.65. The second-order valence-electron chi connectivity index (χ2n) is 5.84. The Morgan fingerprint density at radius 1 is 1.50 bits per heavy atom. The van der Waals surface area contributed by atoms with Crippen molar-refractivity contribution in [3.8, 4) is 11.1 Å². The Morgan fingerprint density at radius 3 is 3.09 bits per heavy atom. The fraction of sp³-hybridized carbons (Fsp3) is 0.500. The maximum atomic E-state index is 12.3. The molecule has 118 valence electrons. The van der Waals surface area contributed by atoms with Gasteiger partial charge in [-0.05, 0) is 31.0 Å². The van der Waals surface area contributed by atoms with Crippen LogP contribution >= 0.6 is 0 Å². The highest BCUT2D eigenvalue weighted by atomic mass is 16.5. The number of aryl methyl sites for hydroxylation is 1. The van der Waals surface area contributed by atoms with E-state index in [1.54, 1.807) is 24.2 Å². The van der Waals surface area contributed by atoms with E-state index in [4.69, 9.17) is 4.74 Å². The Bertz CT molecular complexity index is 691. The summed E-state index contributed by atoms with van der Waals surface area (Å²) in [6.45, 7) is 2.51. The van der Waals surface area contributed by atoms with Crippen LogP contribution in [-0.4, -0.2) is 46.0 Å². The van der Waals surface area contributed by atoms with Gasteiger partial charge in [-0.15, -0.1) is 0 Å². The molecule has 1 unspecified atom stereocenters. The van der Waals surface area contributed by atoms with Crippen molar-refractivity contribution in [3.05, 3.63) is 40.6 Å². The monoisotopic (exact) mass is 302 g/mol. The summed E-state index contributed by atoms with van der Waals surface area (Å²) in [7, 11) is 3.63. The molecule has 0 spiro atoms. The van der Waals surface area contributed by atoms with Crippen LogP contribution in [0, 0.1) is 0 Å². The summed E-state index contributed by atoms with van der Waals surface area (Å²) in [6.07, 6.45) is 7.89. The van der Waals surface area contributed by atoms with Crippen LogP contribution < -0.4 is 5.56 Å². The minimum Gasteiger partial charge on any atom is -0.380 e. The summed E-state index contributed by atoms with van der Waals surface area (Å²) < 4.78 is 7.22. The molecule has 0 aliphatic carbocycles. The zero-order chi connectivity index (χ0) is 15.5. The Balaban J connectivity index is 1.88. The Hall–Kier alpha value is -1.92. The molecule has 0 aromatic carbocycles. The quantitative estimate of drug-likeness (QED) is 0.927. The first kappa shape index (κ1) is 15.0. The van der Waals surface area contributed by atoms with Gasteiger partial charge in [0.25, 0.3) is 5.56 Å². The topological polar surface area (TPSA) is 63.1 Å². The number of hydrogen-bond donors (Lipinski definition) is 1. The van der Waals surface area contributed by atoms with Crippen molar-refractivity contribution in [2.24, 2.45) is 7.05 Å². The number of likely N-dealkylation sites (tertiary alicyclic amines) is 1. The van der Waals surface area contributed by atoms with E-state index in [-0.39, 0.29) is 11.7 Å². The fourth-order valence-corrected chi connectivity index (χ4v) is 3.07. The number of hydrogen-bond acceptors (Lipinski definition) is 4. The maximum Gasteiger partial charge on any atom is 0.253 e. The van der Waals surface area contributed by atoms with Gasteiger partial charge < -0.3 is 9.72 Å². The zero-order valence-corrected chi connectivity index (χ0v) is 13.1. The lowest BCUT2D eigenvalue weighted by atomic mass is 10.0. The molecule has 0 radical (unpaired) electrons. The highest BCUT2D eigenvalue weighted by Crippen LogP contribution is 2.23. The van der Waals surface area contributed by atoms with Crippen LogP contribution in [0.5, 0.6) is 0 Å². The van der Waals surface area contributed by atoms with E-state index in [0.717, 1.165) is 42.6 Å². The van der Waals surface area contributed by atoms with E-state index in [2.05, 4.69) is 15.0 Å². The molecule has 3 rings (SSSR count). The molecule has 1 N–H and O–H groups in total. The van der Waals surface area contributed by atoms with Crippen LogP contribution in [0.2, 0.25) is 0 Å². The lowest BCUT2D eigenvalue weighted by Gasteiger charge is -2.32. The van der Waals surface area contributed by atoms with E-state index >= 15 is 0 Å². The lowest BCUT2D eigenvalue weighted by Crippen LogP contribution is -2.39. The molecular weight excluding hydrogens is 280 g/mol. The molecule has 0 amide bonds. The summed E-state index contributed by atoms with van der Waals surface area (Å²) in [5.74, 6) is 0. The van der Waals surface area contributed by atoms with Gasteiger partial charge in [-0.25, -0.2) is 0 Å². The number of piperidine rings is 1. The van der Waals surface area contributed by atoms with Gasteiger partial charge in [0.2, 0.25) is 0 Å². The normalized spacial score (nSPS) is 19.5. The van der Waals surface area contributed by atoms with Crippen LogP contribution in [0.4, 0.5) is 0 Å². The van der Waals surface area contributed by atoms with Gasteiger partial charge >= 0.3 is 0 Å². The number of aromatic nitrogens is 3. The SMILES string of the molecule is COC1CCCN(Cc2c(-c3cnn(C)c3)cc[nH]c2=O)C1. The van der Waals surface area contributed by atoms with Crippen LogP contribution in [-0.2, 0) is 18.3 Å². The maximum absolute atomic E-state index is 12.3. The fourth-order valence-electron chi connectivity index (χ4n) is 3.07. The van der Waals surface area contributed by atoms with Gasteiger partial charge in [0.05, 0.1) is 12.3 Å². The molecule has 1 saturated heterocycles. The third-order valence-corrected chi connectivity index (χ3v) is 4.26. The molecule has 0 bridgehead atoms. The summed E-state index contributed by atoms with van der Waals surface area (Å²) in [4.78, 5) is 17.4. The number of nitrogens with zero attached hydrogens (tertiary/aromatic N) is 3. The van der Waals surface area contributed by atoms with Gasteiger partial charge in [0.1, 0.15) is 0 Å². The van der Waals surface area contributed by atoms with Crippen molar-refractivity contribution in [1.29, 1.82) is 0 Å². The lowest BCUT2D eigenvalue weighted by molar-refractivity contribution is 0.0285.